The number of aryl methyl sites for hydroxylation is 1. The van der Waals surface area contributed by atoms with Crippen molar-refractivity contribution in [3.63, 3.8) is 0 Å². The summed E-state index contributed by atoms with van der Waals surface area (Å²) in [7, 11) is 0. The van der Waals surface area contributed by atoms with Crippen molar-refractivity contribution in [3.8, 4) is 0 Å². The van der Waals surface area contributed by atoms with Gasteiger partial charge in [0.2, 0.25) is 0 Å². The molecule has 2 N–H and O–H groups in total. The van der Waals surface area contributed by atoms with Crippen LogP contribution >= 0.6 is 28.6 Å². The van der Waals surface area contributed by atoms with E-state index < -0.39 is 0 Å². The fourth-order valence-electron chi connectivity index (χ4n) is 0.855. The van der Waals surface area contributed by atoms with Gasteiger partial charge in [0, 0.05) is 10.2 Å². The average Bonchev–Trinajstić information content (AvgIpc) is 1.98. The van der Waals surface area contributed by atoms with E-state index in [4.69, 9.17) is 5.73 Å². The molecule has 3 heteroatoms. The second kappa shape index (κ2) is 4.02. The molecule has 0 aromatic heterocycles. The van der Waals surface area contributed by atoms with E-state index in [0.717, 1.165) is 22.3 Å². The molecule has 0 aliphatic carbocycles. The van der Waals surface area contributed by atoms with Gasteiger partial charge in [-0.05, 0) is 45.8 Å². The van der Waals surface area contributed by atoms with Crippen LogP contribution in [0.3, 0.4) is 0 Å². The maximum absolute atomic E-state index is 5.62. The zero-order chi connectivity index (χ0) is 8.27. The van der Waals surface area contributed by atoms with E-state index in [1.807, 2.05) is 18.2 Å². The molecule has 1 aromatic carbocycles. The van der Waals surface area contributed by atoms with Gasteiger partial charge in [-0.1, -0.05) is 6.07 Å². The van der Waals surface area contributed by atoms with E-state index in [-0.39, 0.29) is 0 Å². The van der Waals surface area contributed by atoms with Crippen LogP contribution in [0.2, 0.25) is 0 Å². The molecule has 1 aromatic rings. The second-order valence-electron chi connectivity index (χ2n) is 2.33. The molecule has 1 nitrogen and oxygen atoms in total. The number of thiol groups is 1. The molecule has 0 amide bonds. The van der Waals surface area contributed by atoms with Crippen molar-refractivity contribution in [3.05, 3.63) is 28.2 Å². The zero-order valence-electron chi connectivity index (χ0n) is 6.05. The standard InChI is InChI=1S/C8H10BrNS/c9-7-5-6(3-4-11)1-2-8(7)10/h1-2,5,11H,3-4,10H2. The lowest BCUT2D eigenvalue weighted by Crippen LogP contribution is -1.90. The van der Waals surface area contributed by atoms with Crippen LogP contribution in [0.15, 0.2) is 22.7 Å². The molecule has 0 aliphatic rings. The Balaban J connectivity index is 2.86. The van der Waals surface area contributed by atoms with E-state index in [9.17, 15) is 0 Å². The fourth-order valence-corrected chi connectivity index (χ4v) is 1.54. The van der Waals surface area contributed by atoms with Gasteiger partial charge in [-0.25, -0.2) is 0 Å². The SMILES string of the molecule is Nc1ccc(CCS)cc1Br. The third-order valence-electron chi connectivity index (χ3n) is 1.47. The highest BCUT2D eigenvalue weighted by molar-refractivity contribution is 9.10. The molecule has 11 heavy (non-hydrogen) atoms. The third-order valence-corrected chi connectivity index (χ3v) is 2.38. The Hall–Kier alpha value is -0.150. The minimum absolute atomic E-state index is 0.785. The van der Waals surface area contributed by atoms with Crippen molar-refractivity contribution in [1.29, 1.82) is 0 Å². The van der Waals surface area contributed by atoms with E-state index in [1.54, 1.807) is 0 Å². The Labute approximate surface area is 80.5 Å². The summed E-state index contributed by atoms with van der Waals surface area (Å²) in [6.07, 6.45) is 0.988. The number of nitrogen functional groups attached to an aromatic ring is 1. The molecule has 0 aliphatic heterocycles. The van der Waals surface area contributed by atoms with E-state index >= 15 is 0 Å². The minimum Gasteiger partial charge on any atom is -0.398 e. The summed E-state index contributed by atoms with van der Waals surface area (Å²) < 4.78 is 0.969. The largest absolute Gasteiger partial charge is 0.398 e. The number of hydrogen-bond donors (Lipinski definition) is 2. The topological polar surface area (TPSA) is 26.0 Å². The number of nitrogens with two attached hydrogens (primary N) is 1. The van der Waals surface area contributed by atoms with Crippen LogP contribution in [0.25, 0.3) is 0 Å². The quantitative estimate of drug-likeness (QED) is 0.594. The van der Waals surface area contributed by atoms with Crippen molar-refractivity contribution in [2.24, 2.45) is 0 Å². The van der Waals surface area contributed by atoms with Crippen molar-refractivity contribution in [1.82, 2.24) is 0 Å². The second-order valence-corrected chi connectivity index (χ2v) is 3.63. The summed E-state index contributed by atoms with van der Waals surface area (Å²) in [4.78, 5) is 0. The van der Waals surface area contributed by atoms with Gasteiger partial charge in [0.15, 0.2) is 0 Å². The van der Waals surface area contributed by atoms with Gasteiger partial charge in [-0.15, -0.1) is 0 Å². The van der Waals surface area contributed by atoms with E-state index in [1.165, 1.54) is 5.56 Å². The van der Waals surface area contributed by atoms with Crippen molar-refractivity contribution in [2.45, 2.75) is 6.42 Å². The lowest BCUT2D eigenvalue weighted by Gasteiger charge is -2.01. The van der Waals surface area contributed by atoms with Crippen molar-refractivity contribution < 1.29 is 0 Å². The molecule has 0 fully saturated rings. The first kappa shape index (κ1) is 8.94. The predicted molar refractivity (Wildman–Crippen MR) is 56.1 cm³/mol. The third kappa shape index (κ3) is 2.42. The van der Waals surface area contributed by atoms with Gasteiger partial charge >= 0.3 is 0 Å². The molecule has 0 radical (unpaired) electrons. The van der Waals surface area contributed by atoms with Crippen molar-refractivity contribution >= 4 is 34.2 Å². The molecule has 0 heterocycles. The van der Waals surface area contributed by atoms with Crippen LogP contribution in [0.1, 0.15) is 5.56 Å². The number of rotatable bonds is 2. The molecule has 60 valence electrons. The molecule has 0 spiro atoms. The van der Waals surface area contributed by atoms with Gasteiger partial charge in [-0.3, -0.25) is 0 Å². The Bertz CT molecular complexity index is 250. The molecular weight excluding hydrogens is 222 g/mol. The maximum Gasteiger partial charge on any atom is 0.0458 e. The maximum atomic E-state index is 5.62. The molecule has 0 unspecified atom stereocenters. The molecule has 0 saturated heterocycles. The van der Waals surface area contributed by atoms with Crippen LogP contribution in [-0.2, 0) is 6.42 Å². The normalized spacial score (nSPS) is 10.0. The minimum atomic E-state index is 0.785. The Morgan fingerprint density at radius 1 is 1.45 bits per heavy atom. The Kier molecular flexibility index (Phi) is 3.27. The highest BCUT2D eigenvalue weighted by Crippen LogP contribution is 2.20. The van der Waals surface area contributed by atoms with E-state index in [2.05, 4.69) is 28.6 Å². The molecule has 0 saturated carbocycles. The summed E-state index contributed by atoms with van der Waals surface area (Å²) in [5.41, 5.74) is 7.67. The smallest absolute Gasteiger partial charge is 0.0458 e. The van der Waals surface area contributed by atoms with Gasteiger partial charge in [0.25, 0.3) is 0 Å². The van der Waals surface area contributed by atoms with Gasteiger partial charge in [0.1, 0.15) is 0 Å². The van der Waals surface area contributed by atoms with Gasteiger partial charge in [-0.2, -0.15) is 12.6 Å². The first-order valence-electron chi connectivity index (χ1n) is 3.39. The average molecular weight is 232 g/mol. The number of halogens is 1. The lowest BCUT2D eigenvalue weighted by molar-refractivity contribution is 1.16. The summed E-state index contributed by atoms with van der Waals surface area (Å²) >= 11 is 7.51. The summed E-state index contributed by atoms with van der Waals surface area (Å²) in [6.45, 7) is 0. The molecule has 1 rings (SSSR count). The molecule has 0 atom stereocenters. The lowest BCUT2D eigenvalue weighted by atomic mass is 10.1. The van der Waals surface area contributed by atoms with Crippen LogP contribution in [0.5, 0.6) is 0 Å². The summed E-state index contributed by atoms with van der Waals surface area (Å²) in [5, 5.41) is 0. The molecular formula is C8H10BrNS. The van der Waals surface area contributed by atoms with Crippen LogP contribution < -0.4 is 5.73 Å². The Morgan fingerprint density at radius 3 is 2.73 bits per heavy atom. The first-order valence-corrected chi connectivity index (χ1v) is 4.81. The number of anilines is 1. The monoisotopic (exact) mass is 231 g/mol. The Morgan fingerprint density at radius 2 is 2.18 bits per heavy atom. The summed E-state index contributed by atoms with van der Waals surface area (Å²) in [5.74, 6) is 0.871. The van der Waals surface area contributed by atoms with Crippen LogP contribution in [0, 0.1) is 0 Å². The van der Waals surface area contributed by atoms with Crippen molar-refractivity contribution in [2.75, 3.05) is 11.5 Å². The zero-order valence-corrected chi connectivity index (χ0v) is 8.53. The van der Waals surface area contributed by atoms with Crippen LogP contribution in [0.4, 0.5) is 5.69 Å². The number of hydrogen-bond acceptors (Lipinski definition) is 2. The van der Waals surface area contributed by atoms with Gasteiger partial charge in [0.05, 0.1) is 0 Å². The summed E-state index contributed by atoms with van der Waals surface area (Å²) in [6, 6.07) is 5.96. The number of benzene rings is 1. The van der Waals surface area contributed by atoms with E-state index in [0.29, 0.717) is 0 Å². The fraction of sp³-hybridized carbons (Fsp3) is 0.250. The molecule has 0 bridgehead atoms. The van der Waals surface area contributed by atoms with Crippen LogP contribution in [-0.4, -0.2) is 5.75 Å². The highest BCUT2D eigenvalue weighted by atomic mass is 79.9. The van der Waals surface area contributed by atoms with Gasteiger partial charge < -0.3 is 5.73 Å². The predicted octanol–water partition coefficient (Wildman–Crippen LogP) is 2.50. The first-order chi connectivity index (χ1) is 5.24. The highest BCUT2D eigenvalue weighted by Gasteiger charge is 1.96.